The Hall–Kier alpha value is -3.06. The number of hydrogen-bond acceptors (Lipinski definition) is 5. The number of aliphatic hydroxyl groups is 1. The lowest BCUT2D eigenvalue weighted by molar-refractivity contribution is 0.0523. The van der Waals surface area contributed by atoms with Crippen LogP contribution in [0.25, 0.3) is 0 Å². The molecule has 2 aromatic rings. The largest absolute Gasteiger partial charge is 0.493 e. The van der Waals surface area contributed by atoms with Gasteiger partial charge in [0.25, 0.3) is 5.91 Å². The van der Waals surface area contributed by atoms with Crippen molar-refractivity contribution >= 4 is 12.0 Å². The highest BCUT2D eigenvalue weighted by Crippen LogP contribution is 2.13. The molecule has 3 N–H and O–H groups in total. The first kappa shape index (κ1) is 24.2. The number of alkyl carbamates (subject to hydrolysis) is 1. The van der Waals surface area contributed by atoms with E-state index in [1.165, 1.54) is 0 Å². The second kappa shape index (κ2) is 11.4. The van der Waals surface area contributed by atoms with Crippen LogP contribution < -0.4 is 15.4 Å². The van der Waals surface area contributed by atoms with Gasteiger partial charge in [-0.1, -0.05) is 24.3 Å². The van der Waals surface area contributed by atoms with Crippen molar-refractivity contribution in [1.29, 1.82) is 0 Å². The van der Waals surface area contributed by atoms with Gasteiger partial charge >= 0.3 is 6.09 Å². The van der Waals surface area contributed by atoms with Gasteiger partial charge < -0.3 is 25.2 Å². The molecule has 31 heavy (non-hydrogen) atoms. The van der Waals surface area contributed by atoms with Gasteiger partial charge in [0.15, 0.2) is 0 Å². The minimum Gasteiger partial charge on any atom is -0.493 e. The van der Waals surface area contributed by atoms with Crippen LogP contribution in [-0.2, 0) is 17.8 Å². The van der Waals surface area contributed by atoms with Crippen molar-refractivity contribution in [1.82, 2.24) is 10.6 Å². The summed E-state index contributed by atoms with van der Waals surface area (Å²) in [4.78, 5) is 24.1. The molecule has 0 aliphatic heterocycles. The van der Waals surface area contributed by atoms with Crippen molar-refractivity contribution in [2.45, 2.75) is 58.9 Å². The summed E-state index contributed by atoms with van der Waals surface area (Å²) < 4.78 is 10.8. The molecule has 0 heterocycles. The molecular formula is C24H32N2O5. The van der Waals surface area contributed by atoms with E-state index in [0.29, 0.717) is 31.7 Å². The molecule has 168 valence electrons. The summed E-state index contributed by atoms with van der Waals surface area (Å²) in [6, 6.07) is 14.5. The number of hydrogen-bond donors (Lipinski definition) is 3. The van der Waals surface area contributed by atoms with Crippen molar-refractivity contribution in [3.8, 4) is 5.75 Å². The standard InChI is InChI=1S/C24H32N2O5/c1-17(27)13-14-30-21-11-7-19(8-12-21)15-25-22(28)20-9-5-18(6-10-20)16-26-23(29)31-24(2,3)4/h5-12,17,27H,13-16H2,1-4H3,(H,25,28)(H,26,29). The van der Waals surface area contributed by atoms with E-state index in [1.807, 2.05) is 45.0 Å². The Labute approximate surface area is 183 Å². The highest BCUT2D eigenvalue weighted by atomic mass is 16.6. The molecule has 7 heteroatoms. The fourth-order valence-corrected chi connectivity index (χ4v) is 2.60. The van der Waals surface area contributed by atoms with E-state index in [2.05, 4.69) is 10.6 Å². The molecule has 0 saturated carbocycles. The summed E-state index contributed by atoms with van der Waals surface area (Å²) in [5, 5.41) is 14.8. The molecule has 0 aliphatic rings. The molecule has 2 aromatic carbocycles. The maximum Gasteiger partial charge on any atom is 0.407 e. The predicted molar refractivity (Wildman–Crippen MR) is 119 cm³/mol. The first-order valence-electron chi connectivity index (χ1n) is 10.4. The molecule has 0 saturated heterocycles. The lowest BCUT2D eigenvalue weighted by Gasteiger charge is -2.19. The van der Waals surface area contributed by atoms with Gasteiger partial charge in [-0.25, -0.2) is 4.79 Å². The molecular weight excluding hydrogens is 396 g/mol. The maximum atomic E-state index is 12.4. The van der Waals surface area contributed by atoms with Gasteiger partial charge in [-0.05, 0) is 63.1 Å². The van der Waals surface area contributed by atoms with Gasteiger partial charge in [-0.2, -0.15) is 0 Å². The lowest BCUT2D eigenvalue weighted by Crippen LogP contribution is -2.32. The smallest absolute Gasteiger partial charge is 0.407 e. The van der Waals surface area contributed by atoms with Crippen LogP contribution in [0.5, 0.6) is 5.75 Å². The van der Waals surface area contributed by atoms with Crippen LogP contribution in [0.4, 0.5) is 4.79 Å². The number of rotatable bonds is 9. The first-order valence-corrected chi connectivity index (χ1v) is 10.4. The van der Waals surface area contributed by atoms with E-state index in [4.69, 9.17) is 9.47 Å². The highest BCUT2D eigenvalue weighted by molar-refractivity contribution is 5.94. The highest BCUT2D eigenvalue weighted by Gasteiger charge is 2.15. The average molecular weight is 429 g/mol. The van der Waals surface area contributed by atoms with E-state index >= 15 is 0 Å². The SMILES string of the molecule is CC(O)CCOc1ccc(CNC(=O)c2ccc(CNC(=O)OC(C)(C)C)cc2)cc1. The van der Waals surface area contributed by atoms with Crippen LogP contribution in [-0.4, -0.2) is 35.4 Å². The predicted octanol–water partition coefficient (Wildman–Crippen LogP) is 3.79. The quantitative estimate of drug-likeness (QED) is 0.565. The number of aliphatic hydroxyl groups excluding tert-OH is 1. The maximum absolute atomic E-state index is 12.4. The molecule has 2 rings (SSSR count). The molecule has 0 fully saturated rings. The molecule has 1 unspecified atom stereocenters. The Kier molecular flexibility index (Phi) is 8.88. The van der Waals surface area contributed by atoms with Gasteiger partial charge in [0.05, 0.1) is 12.7 Å². The molecule has 1 atom stereocenters. The normalized spacial score (nSPS) is 12.0. The molecule has 0 spiro atoms. The van der Waals surface area contributed by atoms with Gasteiger partial charge in [-0.3, -0.25) is 4.79 Å². The van der Waals surface area contributed by atoms with Gasteiger partial charge in [0.1, 0.15) is 11.4 Å². The minimum atomic E-state index is -0.544. The lowest BCUT2D eigenvalue weighted by atomic mass is 10.1. The number of ether oxygens (including phenoxy) is 2. The van der Waals surface area contributed by atoms with Gasteiger partial charge in [0, 0.05) is 25.1 Å². The van der Waals surface area contributed by atoms with Crippen molar-refractivity contribution in [2.24, 2.45) is 0 Å². The zero-order valence-corrected chi connectivity index (χ0v) is 18.6. The monoisotopic (exact) mass is 428 g/mol. The summed E-state index contributed by atoms with van der Waals surface area (Å²) in [6.07, 6.45) is -0.285. The second-order valence-corrected chi connectivity index (χ2v) is 8.37. The summed E-state index contributed by atoms with van der Waals surface area (Å²) in [6.45, 7) is 8.32. The van der Waals surface area contributed by atoms with E-state index in [-0.39, 0.29) is 12.0 Å². The molecule has 0 bridgehead atoms. The number of carbonyl (C=O) groups excluding carboxylic acids is 2. The van der Waals surface area contributed by atoms with E-state index < -0.39 is 11.7 Å². The third-order valence-corrected chi connectivity index (χ3v) is 4.23. The molecule has 0 aromatic heterocycles. The van der Waals surface area contributed by atoms with Crippen LogP contribution in [0.2, 0.25) is 0 Å². The molecule has 2 amide bonds. The van der Waals surface area contributed by atoms with Crippen molar-refractivity contribution in [3.05, 3.63) is 65.2 Å². The van der Waals surface area contributed by atoms with E-state index in [1.54, 1.807) is 31.2 Å². The van der Waals surface area contributed by atoms with Crippen LogP contribution in [0, 0.1) is 0 Å². The fourth-order valence-electron chi connectivity index (χ4n) is 2.60. The second-order valence-electron chi connectivity index (χ2n) is 8.37. The summed E-state index contributed by atoms with van der Waals surface area (Å²) >= 11 is 0. The topological polar surface area (TPSA) is 96.9 Å². The molecule has 0 aliphatic carbocycles. The molecule has 0 radical (unpaired) electrons. The van der Waals surface area contributed by atoms with E-state index in [0.717, 1.165) is 16.9 Å². The van der Waals surface area contributed by atoms with Crippen LogP contribution in [0.15, 0.2) is 48.5 Å². The molecule has 7 nitrogen and oxygen atoms in total. The zero-order valence-electron chi connectivity index (χ0n) is 18.6. The fraction of sp³-hybridized carbons (Fsp3) is 0.417. The first-order chi connectivity index (χ1) is 14.6. The number of benzene rings is 2. The Morgan fingerprint density at radius 2 is 1.48 bits per heavy atom. The zero-order chi connectivity index (χ0) is 22.9. The average Bonchev–Trinajstić information content (AvgIpc) is 2.70. The Bertz CT molecular complexity index is 840. The van der Waals surface area contributed by atoms with E-state index in [9.17, 15) is 14.7 Å². The van der Waals surface area contributed by atoms with Crippen LogP contribution in [0.3, 0.4) is 0 Å². The Morgan fingerprint density at radius 1 is 0.935 bits per heavy atom. The number of carbonyl (C=O) groups is 2. The van der Waals surface area contributed by atoms with Gasteiger partial charge in [-0.15, -0.1) is 0 Å². The Balaban J connectivity index is 1.77. The Morgan fingerprint density at radius 3 is 2.03 bits per heavy atom. The van der Waals surface area contributed by atoms with Crippen LogP contribution >= 0.6 is 0 Å². The summed E-state index contributed by atoms with van der Waals surface area (Å²) in [7, 11) is 0. The van der Waals surface area contributed by atoms with Crippen LogP contribution in [0.1, 0.15) is 55.6 Å². The minimum absolute atomic E-state index is 0.177. The summed E-state index contributed by atoms with van der Waals surface area (Å²) in [5.74, 6) is 0.551. The summed E-state index contributed by atoms with van der Waals surface area (Å²) in [5.41, 5.74) is 1.82. The third-order valence-electron chi connectivity index (χ3n) is 4.23. The van der Waals surface area contributed by atoms with Gasteiger partial charge in [0.2, 0.25) is 0 Å². The number of nitrogens with one attached hydrogen (secondary N) is 2. The number of amides is 2. The van der Waals surface area contributed by atoms with Crippen molar-refractivity contribution in [2.75, 3.05) is 6.61 Å². The third kappa shape index (κ3) is 9.53. The van der Waals surface area contributed by atoms with Crippen molar-refractivity contribution in [3.63, 3.8) is 0 Å². The van der Waals surface area contributed by atoms with Crippen molar-refractivity contribution < 1.29 is 24.2 Å².